The molecule has 2 fully saturated rings. The van der Waals surface area contributed by atoms with Crippen molar-refractivity contribution in [1.29, 1.82) is 0 Å². The van der Waals surface area contributed by atoms with Crippen LogP contribution in [0.25, 0.3) is 10.8 Å². The Morgan fingerprint density at radius 1 is 1.12 bits per heavy atom. The summed E-state index contributed by atoms with van der Waals surface area (Å²) in [4.78, 5) is 35.1. The number of carbonyl (C=O) groups is 1. The van der Waals surface area contributed by atoms with E-state index in [1.165, 1.54) is 6.33 Å². The molecule has 9 nitrogen and oxygen atoms in total. The van der Waals surface area contributed by atoms with Crippen molar-refractivity contribution in [2.75, 3.05) is 16.9 Å². The fourth-order valence-corrected chi connectivity index (χ4v) is 6.15. The molecule has 2 N–H and O–H groups in total. The van der Waals surface area contributed by atoms with Gasteiger partial charge < -0.3 is 4.90 Å². The van der Waals surface area contributed by atoms with E-state index in [1.54, 1.807) is 12.1 Å². The number of aromatic nitrogens is 2. The largest absolute Gasteiger partial charge is 0.355 e. The summed E-state index contributed by atoms with van der Waals surface area (Å²) >= 11 is 0. The van der Waals surface area contributed by atoms with Crippen LogP contribution in [0.3, 0.4) is 0 Å². The fraction of sp³-hybridized carbons (Fsp3) is 0.400. The highest BCUT2D eigenvalue weighted by Crippen LogP contribution is 2.54. The van der Waals surface area contributed by atoms with Gasteiger partial charge in [-0.25, -0.2) is 9.97 Å². The van der Waals surface area contributed by atoms with Crippen LogP contribution < -0.4 is 15.8 Å². The summed E-state index contributed by atoms with van der Waals surface area (Å²) in [7, 11) is 0. The zero-order valence-electron chi connectivity index (χ0n) is 19.5. The Morgan fingerprint density at radius 3 is 2.68 bits per heavy atom. The number of benzene rings is 2. The fourth-order valence-electron chi connectivity index (χ4n) is 6.15. The topological polar surface area (TPSA) is 113 Å². The Balaban J connectivity index is 1.43. The van der Waals surface area contributed by atoms with Gasteiger partial charge in [0.05, 0.1) is 4.92 Å². The third-order valence-corrected chi connectivity index (χ3v) is 7.00. The zero-order valence-corrected chi connectivity index (χ0v) is 19.5. The molecule has 1 saturated heterocycles. The maximum Gasteiger partial charge on any atom is 0.355 e. The lowest BCUT2D eigenvalue weighted by molar-refractivity contribution is -0.383. The Morgan fingerprint density at radius 2 is 1.88 bits per heavy atom. The van der Waals surface area contributed by atoms with Crippen LogP contribution >= 0.6 is 0 Å². The standard InChI is InChI=1S/C25H28N6O3/c1-24(2)11-17-12-25(3,13-24)14-30(17)22-20(31(33)34)21(26-15-27-22)28-29-23(32)19-10-6-8-16-7-4-5-9-18(16)19/h4-10,15,17H,11-14H2,1-3H3,(H,29,32)(H,26,27,28). The molecule has 3 aromatic rings. The minimum absolute atomic E-state index is 0.0329. The van der Waals surface area contributed by atoms with E-state index in [2.05, 4.69) is 46.5 Å². The maximum absolute atomic E-state index is 12.9. The van der Waals surface area contributed by atoms with E-state index in [-0.39, 0.29) is 28.4 Å². The summed E-state index contributed by atoms with van der Waals surface area (Å²) < 4.78 is 0. The quantitative estimate of drug-likeness (QED) is 0.419. The van der Waals surface area contributed by atoms with Crippen molar-refractivity contribution in [3.8, 4) is 0 Å². The summed E-state index contributed by atoms with van der Waals surface area (Å²) in [5, 5.41) is 13.9. The molecular formula is C25H28N6O3. The second-order valence-electron chi connectivity index (χ2n) is 10.6. The van der Waals surface area contributed by atoms with Crippen molar-refractivity contribution in [2.45, 2.75) is 46.1 Å². The molecule has 9 heteroatoms. The molecule has 176 valence electrons. The third kappa shape index (κ3) is 3.91. The van der Waals surface area contributed by atoms with Crippen LogP contribution in [0.5, 0.6) is 0 Å². The molecule has 2 unspecified atom stereocenters. The van der Waals surface area contributed by atoms with E-state index in [0.29, 0.717) is 17.9 Å². The number of hydrogen-bond acceptors (Lipinski definition) is 7. The highest BCUT2D eigenvalue weighted by molar-refractivity contribution is 6.07. The van der Waals surface area contributed by atoms with Crippen LogP contribution in [-0.4, -0.2) is 33.4 Å². The van der Waals surface area contributed by atoms with Gasteiger partial charge in [0, 0.05) is 18.2 Å². The lowest BCUT2D eigenvalue weighted by atomic mass is 9.65. The molecule has 1 aromatic heterocycles. The molecule has 1 saturated carbocycles. The summed E-state index contributed by atoms with van der Waals surface area (Å²) in [5.74, 6) is -0.139. The van der Waals surface area contributed by atoms with Gasteiger partial charge in [-0.15, -0.1) is 0 Å². The predicted molar refractivity (Wildman–Crippen MR) is 131 cm³/mol. The number of nitrogens with one attached hydrogen (secondary N) is 2. The van der Waals surface area contributed by atoms with E-state index in [4.69, 9.17) is 0 Å². The minimum Gasteiger partial charge on any atom is -0.347 e. The average Bonchev–Trinajstić information content (AvgIpc) is 3.05. The van der Waals surface area contributed by atoms with Gasteiger partial charge in [0.2, 0.25) is 11.6 Å². The lowest BCUT2D eigenvalue weighted by Gasteiger charge is -2.39. The van der Waals surface area contributed by atoms with E-state index in [1.807, 2.05) is 30.3 Å². The second kappa shape index (κ2) is 7.93. The van der Waals surface area contributed by atoms with Gasteiger partial charge >= 0.3 is 5.69 Å². The normalized spacial score (nSPS) is 23.0. The number of hydrazine groups is 1. The number of rotatable bonds is 5. The van der Waals surface area contributed by atoms with Crippen LogP contribution in [0.4, 0.5) is 17.3 Å². The van der Waals surface area contributed by atoms with Crippen molar-refractivity contribution >= 4 is 34.0 Å². The molecule has 5 rings (SSSR count). The van der Waals surface area contributed by atoms with Gasteiger partial charge in [-0.05, 0) is 46.9 Å². The Hall–Kier alpha value is -3.75. The molecule has 2 aliphatic rings. The van der Waals surface area contributed by atoms with Crippen molar-refractivity contribution in [3.63, 3.8) is 0 Å². The smallest absolute Gasteiger partial charge is 0.347 e. The third-order valence-electron chi connectivity index (χ3n) is 7.00. The van der Waals surface area contributed by atoms with E-state index < -0.39 is 10.8 Å². The van der Waals surface area contributed by atoms with Crippen molar-refractivity contribution in [3.05, 3.63) is 64.5 Å². The first kappa shape index (κ1) is 22.1. The van der Waals surface area contributed by atoms with E-state index in [0.717, 1.165) is 30.0 Å². The van der Waals surface area contributed by atoms with Gasteiger partial charge in [0.25, 0.3) is 5.91 Å². The van der Waals surface area contributed by atoms with E-state index >= 15 is 0 Å². The van der Waals surface area contributed by atoms with Gasteiger partial charge in [-0.1, -0.05) is 57.2 Å². The zero-order chi connectivity index (χ0) is 24.1. The highest BCUT2D eigenvalue weighted by atomic mass is 16.6. The SMILES string of the molecule is CC1(C)CC2CC(C)(CN2c2ncnc(NNC(=O)c3cccc4ccccc34)c2[N+](=O)[O-])C1. The number of carbonyl (C=O) groups excluding carboxylic acids is 1. The molecule has 1 amide bonds. The maximum atomic E-state index is 12.9. The summed E-state index contributed by atoms with van der Waals surface area (Å²) in [6.07, 6.45) is 4.31. The molecule has 34 heavy (non-hydrogen) atoms. The Kier molecular flexibility index (Phi) is 5.15. The summed E-state index contributed by atoms with van der Waals surface area (Å²) in [6, 6.07) is 13.2. The molecule has 1 aliphatic heterocycles. The number of nitro groups is 1. The highest BCUT2D eigenvalue weighted by Gasteiger charge is 2.51. The lowest BCUT2D eigenvalue weighted by Crippen LogP contribution is -2.35. The minimum atomic E-state index is -0.475. The molecule has 2 aromatic carbocycles. The Labute approximate surface area is 197 Å². The number of hydrogen-bond donors (Lipinski definition) is 2. The molecule has 2 atom stereocenters. The van der Waals surface area contributed by atoms with Gasteiger partial charge in [-0.3, -0.25) is 25.8 Å². The Bertz CT molecular complexity index is 1290. The van der Waals surface area contributed by atoms with Crippen molar-refractivity contribution < 1.29 is 9.72 Å². The van der Waals surface area contributed by atoms with Crippen LogP contribution in [0, 0.1) is 20.9 Å². The first-order chi connectivity index (χ1) is 16.2. The predicted octanol–water partition coefficient (Wildman–Crippen LogP) is 4.70. The number of anilines is 2. The second-order valence-corrected chi connectivity index (χ2v) is 10.6. The number of amides is 1. The molecule has 2 heterocycles. The molecule has 1 aliphatic carbocycles. The molecule has 2 bridgehead atoms. The molecular weight excluding hydrogens is 432 g/mol. The van der Waals surface area contributed by atoms with Crippen LogP contribution in [0.1, 0.15) is 50.4 Å². The number of nitrogens with zero attached hydrogens (tertiary/aromatic N) is 4. The average molecular weight is 461 g/mol. The van der Waals surface area contributed by atoms with Crippen LogP contribution in [0.15, 0.2) is 48.8 Å². The van der Waals surface area contributed by atoms with Crippen molar-refractivity contribution in [1.82, 2.24) is 15.4 Å². The monoisotopic (exact) mass is 460 g/mol. The van der Waals surface area contributed by atoms with Gasteiger partial charge in [-0.2, -0.15) is 0 Å². The van der Waals surface area contributed by atoms with Crippen LogP contribution in [0.2, 0.25) is 0 Å². The first-order valence-corrected chi connectivity index (χ1v) is 11.5. The number of fused-ring (bicyclic) bond motifs is 3. The first-order valence-electron chi connectivity index (χ1n) is 11.5. The van der Waals surface area contributed by atoms with Crippen LogP contribution in [-0.2, 0) is 0 Å². The summed E-state index contributed by atoms with van der Waals surface area (Å²) in [5.41, 5.74) is 5.76. The van der Waals surface area contributed by atoms with Crippen molar-refractivity contribution in [2.24, 2.45) is 10.8 Å². The van der Waals surface area contributed by atoms with Gasteiger partial charge in [0.15, 0.2) is 0 Å². The van der Waals surface area contributed by atoms with E-state index in [9.17, 15) is 14.9 Å². The molecule has 0 spiro atoms. The summed E-state index contributed by atoms with van der Waals surface area (Å²) in [6.45, 7) is 7.47. The van der Waals surface area contributed by atoms with Gasteiger partial charge in [0.1, 0.15) is 6.33 Å². The molecule has 0 radical (unpaired) electrons.